The summed E-state index contributed by atoms with van der Waals surface area (Å²) in [5.74, 6) is -0.637. The Labute approximate surface area is 78.7 Å². The Bertz CT molecular complexity index is 353. The number of aromatic nitrogens is 2. The zero-order valence-electron chi connectivity index (χ0n) is 6.65. The van der Waals surface area contributed by atoms with Gasteiger partial charge in [0.25, 0.3) is 5.24 Å². The highest BCUT2D eigenvalue weighted by Crippen LogP contribution is 2.02. The van der Waals surface area contributed by atoms with E-state index in [1.54, 1.807) is 0 Å². The number of halogens is 1. The van der Waals surface area contributed by atoms with E-state index in [0.717, 1.165) is 6.33 Å². The first-order chi connectivity index (χ1) is 6.15. The lowest BCUT2D eigenvalue weighted by Crippen LogP contribution is -2.06. The van der Waals surface area contributed by atoms with Crippen LogP contribution in [0, 0.1) is 0 Å². The number of ether oxygens (including phenoxy) is 1. The average Bonchev–Trinajstić information content (AvgIpc) is 2.17. The zero-order chi connectivity index (χ0) is 9.84. The van der Waals surface area contributed by atoms with E-state index in [1.807, 2.05) is 0 Å². The van der Waals surface area contributed by atoms with E-state index in [9.17, 15) is 9.59 Å². The molecule has 0 radical (unpaired) electrons. The number of hydrogen-bond acceptors (Lipinski definition) is 5. The normalized spacial score (nSPS) is 9.38. The summed E-state index contributed by atoms with van der Waals surface area (Å²) in [4.78, 5) is 28.7. The molecule has 0 saturated carbocycles. The summed E-state index contributed by atoms with van der Waals surface area (Å²) in [6.07, 6.45) is 1.07. The van der Waals surface area contributed by atoms with Crippen LogP contribution < -0.4 is 0 Å². The minimum absolute atomic E-state index is 0.00139. The van der Waals surface area contributed by atoms with E-state index in [0.29, 0.717) is 0 Å². The van der Waals surface area contributed by atoms with Crippen molar-refractivity contribution in [2.45, 2.75) is 0 Å². The lowest BCUT2D eigenvalue weighted by Gasteiger charge is -1.97. The molecule has 1 aromatic heterocycles. The Balaban J connectivity index is 3.05. The number of carbonyl (C=O) groups is 2. The molecule has 5 nitrogen and oxygen atoms in total. The zero-order valence-corrected chi connectivity index (χ0v) is 7.41. The molecular weight excluding hydrogens is 196 g/mol. The highest BCUT2D eigenvalue weighted by Gasteiger charge is 2.10. The van der Waals surface area contributed by atoms with Crippen LogP contribution in [0.3, 0.4) is 0 Å². The van der Waals surface area contributed by atoms with E-state index in [4.69, 9.17) is 11.6 Å². The number of carbonyl (C=O) groups excluding carboxylic acids is 2. The third-order valence-corrected chi connectivity index (χ3v) is 1.46. The van der Waals surface area contributed by atoms with Crippen LogP contribution in [0.5, 0.6) is 0 Å². The van der Waals surface area contributed by atoms with Crippen LogP contribution in [0.1, 0.15) is 21.0 Å². The van der Waals surface area contributed by atoms with Gasteiger partial charge in [-0.1, -0.05) is 0 Å². The minimum Gasteiger partial charge on any atom is -0.464 e. The summed E-state index contributed by atoms with van der Waals surface area (Å²) in [6, 6.07) is 1.17. The van der Waals surface area contributed by atoms with Gasteiger partial charge in [0.2, 0.25) is 0 Å². The SMILES string of the molecule is COC(=O)c1cc(C(=O)Cl)ncn1. The van der Waals surface area contributed by atoms with E-state index in [1.165, 1.54) is 13.2 Å². The minimum atomic E-state index is -0.743. The van der Waals surface area contributed by atoms with Gasteiger partial charge in [-0.3, -0.25) is 4.79 Å². The lowest BCUT2D eigenvalue weighted by atomic mass is 10.3. The quantitative estimate of drug-likeness (QED) is 0.518. The molecule has 0 amide bonds. The Morgan fingerprint density at radius 2 is 2.00 bits per heavy atom. The average molecular weight is 201 g/mol. The monoisotopic (exact) mass is 200 g/mol. The summed E-state index contributed by atoms with van der Waals surface area (Å²) in [6.45, 7) is 0. The molecule has 1 heterocycles. The maximum atomic E-state index is 10.9. The van der Waals surface area contributed by atoms with Gasteiger partial charge in [0.05, 0.1) is 7.11 Å². The molecule has 0 aliphatic rings. The topological polar surface area (TPSA) is 69.2 Å². The van der Waals surface area contributed by atoms with Crippen LogP contribution in [0.4, 0.5) is 0 Å². The highest BCUT2D eigenvalue weighted by atomic mass is 35.5. The van der Waals surface area contributed by atoms with Gasteiger partial charge in [-0.15, -0.1) is 0 Å². The van der Waals surface area contributed by atoms with E-state index < -0.39 is 11.2 Å². The summed E-state index contributed by atoms with van der Waals surface area (Å²) >= 11 is 5.14. The van der Waals surface area contributed by atoms with Gasteiger partial charge in [-0.25, -0.2) is 14.8 Å². The molecular formula is C7H5ClN2O3. The van der Waals surface area contributed by atoms with Crippen molar-refractivity contribution < 1.29 is 14.3 Å². The van der Waals surface area contributed by atoms with Crippen molar-refractivity contribution in [2.24, 2.45) is 0 Å². The Kier molecular flexibility index (Phi) is 2.92. The summed E-state index contributed by atoms with van der Waals surface area (Å²) in [7, 11) is 1.21. The molecule has 0 aliphatic carbocycles. The van der Waals surface area contributed by atoms with Crippen molar-refractivity contribution in [2.75, 3.05) is 7.11 Å². The second-order valence-corrected chi connectivity index (χ2v) is 2.40. The molecule has 0 aliphatic heterocycles. The molecule has 0 fully saturated rings. The van der Waals surface area contributed by atoms with Crippen molar-refractivity contribution in [3.05, 3.63) is 23.8 Å². The predicted octanol–water partition coefficient (Wildman–Crippen LogP) is 0.642. The standard InChI is InChI=1S/C7H5ClN2O3/c1-13-7(12)5-2-4(6(8)11)9-3-10-5/h2-3H,1H3. The number of rotatable bonds is 2. The van der Waals surface area contributed by atoms with Gasteiger partial charge in [-0.2, -0.15) is 0 Å². The van der Waals surface area contributed by atoms with Crippen LogP contribution in [-0.4, -0.2) is 28.3 Å². The largest absolute Gasteiger partial charge is 0.464 e. The summed E-state index contributed by atoms with van der Waals surface area (Å²) < 4.78 is 4.39. The third kappa shape index (κ3) is 2.22. The van der Waals surface area contributed by atoms with Crippen molar-refractivity contribution in [3.8, 4) is 0 Å². The van der Waals surface area contributed by atoms with Crippen molar-refractivity contribution in [1.82, 2.24) is 9.97 Å². The van der Waals surface area contributed by atoms with Crippen molar-refractivity contribution in [1.29, 1.82) is 0 Å². The summed E-state index contributed by atoms with van der Waals surface area (Å²) in [5.41, 5.74) is -0.0291. The number of nitrogens with zero attached hydrogens (tertiary/aromatic N) is 2. The fourth-order valence-electron chi connectivity index (χ4n) is 0.681. The molecule has 0 unspecified atom stereocenters. The molecule has 1 rings (SSSR count). The highest BCUT2D eigenvalue weighted by molar-refractivity contribution is 6.67. The smallest absolute Gasteiger partial charge is 0.356 e. The Morgan fingerprint density at radius 1 is 1.38 bits per heavy atom. The van der Waals surface area contributed by atoms with Crippen LogP contribution in [0.15, 0.2) is 12.4 Å². The van der Waals surface area contributed by atoms with Crippen LogP contribution in [0.2, 0.25) is 0 Å². The molecule has 0 N–H and O–H groups in total. The molecule has 68 valence electrons. The molecule has 6 heteroatoms. The molecule has 0 bridgehead atoms. The first-order valence-corrected chi connectivity index (χ1v) is 3.63. The molecule has 13 heavy (non-hydrogen) atoms. The maximum Gasteiger partial charge on any atom is 0.356 e. The fraction of sp³-hybridized carbons (Fsp3) is 0.143. The van der Waals surface area contributed by atoms with Crippen molar-refractivity contribution in [3.63, 3.8) is 0 Å². The van der Waals surface area contributed by atoms with E-state index >= 15 is 0 Å². The predicted molar refractivity (Wildman–Crippen MR) is 43.6 cm³/mol. The first kappa shape index (κ1) is 9.60. The van der Waals surface area contributed by atoms with Gasteiger partial charge in [0, 0.05) is 6.07 Å². The van der Waals surface area contributed by atoms with Crippen LogP contribution in [-0.2, 0) is 4.74 Å². The van der Waals surface area contributed by atoms with Gasteiger partial charge >= 0.3 is 5.97 Å². The number of methoxy groups -OCH3 is 1. The van der Waals surface area contributed by atoms with Crippen LogP contribution in [0.25, 0.3) is 0 Å². The van der Waals surface area contributed by atoms with Gasteiger partial charge in [-0.05, 0) is 11.6 Å². The number of hydrogen-bond donors (Lipinski definition) is 0. The van der Waals surface area contributed by atoms with Gasteiger partial charge in [0.15, 0.2) is 5.69 Å². The number of esters is 1. The van der Waals surface area contributed by atoms with Crippen LogP contribution >= 0.6 is 11.6 Å². The maximum absolute atomic E-state index is 10.9. The van der Waals surface area contributed by atoms with Gasteiger partial charge in [0.1, 0.15) is 12.0 Å². The third-order valence-electron chi connectivity index (χ3n) is 1.26. The van der Waals surface area contributed by atoms with Gasteiger partial charge < -0.3 is 4.74 Å². The van der Waals surface area contributed by atoms with E-state index in [2.05, 4.69) is 14.7 Å². The Hall–Kier alpha value is -1.49. The van der Waals surface area contributed by atoms with Crippen molar-refractivity contribution >= 4 is 22.8 Å². The first-order valence-electron chi connectivity index (χ1n) is 3.25. The molecule has 0 aromatic carbocycles. The molecule has 0 spiro atoms. The fourth-order valence-corrected chi connectivity index (χ4v) is 0.784. The summed E-state index contributed by atoms with van der Waals surface area (Å²) in [5, 5.41) is -0.743. The Morgan fingerprint density at radius 3 is 2.54 bits per heavy atom. The van der Waals surface area contributed by atoms with E-state index in [-0.39, 0.29) is 11.4 Å². The molecule has 0 saturated heterocycles. The second-order valence-electron chi connectivity index (χ2n) is 2.05. The lowest BCUT2D eigenvalue weighted by molar-refractivity contribution is 0.0594. The second kappa shape index (κ2) is 3.95. The molecule has 0 atom stereocenters. The molecule has 1 aromatic rings.